The standard InChI is InChI=1S/C51H32N4S2/c1-3-13-31(14-4-1)35-19-11-20-39-38-28-26-34(30-46(38)57-48(35)39)51-53-49(32-15-5-2-6-16-32)52-50(54-51)33-25-27-37-36-17-7-9-21-41(36)55(43(37)29-33)42-22-12-24-45-47(42)40-18-8-10-23-44(40)56-45/h1-30,36,41H. The maximum absolute atomic E-state index is 5.26. The summed E-state index contributed by atoms with van der Waals surface area (Å²) in [6, 6.07) is 56.6. The van der Waals surface area contributed by atoms with Crippen LogP contribution >= 0.6 is 22.7 Å². The van der Waals surface area contributed by atoms with Crippen molar-refractivity contribution in [1.82, 2.24) is 15.0 Å². The monoisotopic (exact) mass is 764 g/mol. The molecule has 6 heteroatoms. The molecule has 0 radical (unpaired) electrons. The van der Waals surface area contributed by atoms with Crippen molar-refractivity contribution in [3.8, 4) is 45.3 Å². The highest BCUT2D eigenvalue weighted by Crippen LogP contribution is 2.52. The SMILES string of the molecule is C1=CC2c3ccc(-c4nc(-c5ccccc5)nc(-c5ccc6c(c5)sc5c(-c7ccccc7)cccc56)n4)cc3N(c3cccc4sc5ccccc5c34)C2C=C1. The lowest BCUT2D eigenvalue weighted by molar-refractivity contribution is 0.746. The van der Waals surface area contributed by atoms with Gasteiger partial charge in [0, 0.05) is 68.6 Å². The average molecular weight is 765 g/mol. The summed E-state index contributed by atoms with van der Waals surface area (Å²) in [5.74, 6) is 2.21. The van der Waals surface area contributed by atoms with Crippen molar-refractivity contribution in [2.24, 2.45) is 0 Å². The molecule has 0 N–H and O–H groups in total. The van der Waals surface area contributed by atoms with E-state index >= 15 is 0 Å². The summed E-state index contributed by atoms with van der Waals surface area (Å²) in [7, 11) is 0. The highest BCUT2D eigenvalue weighted by Gasteiger charge is 2.38. The number of thiophene rings is 2. The lowest BCUT2D eigenvalue weighted by Crippen LogP contribution is -2.28. The molecule has 7 aromatic carbocycles. The van der Waals surface area contributed by atoms with Crippen molar-refractivity contribution >= 4 is 74.4 Å². The molecule has 12 rings (SSSR count). The third-order valence-electron chi connectivity index (χ3n) is 11.5. The summed E-state index contributed by atoms with van der Waals surface area (Å²) in [6.07, 6.45) is 9.06. The van der Waals surface area contributed by atoms with Crippen molar-refractivity contribution in [3.63, 3.8) is 0 Å². The van der Waals surface area contributed by atoms with E-state index in [-0.39, 0.29) is 12.0 Å². The van der Waals surface area contributed by atoms with Gasteiger partial charge < -0.3 is 4.90 Å². The second-order valence-corrected chi connectivity index (χ2v) is 16.8. The van der Waals surface area contributed by atoms with E-state index in [4.69, 9.17) is 15.0 Å². The second-order valence-electron chi connectivity index (χ2n) is 14.7. The molecule has 268 valence electrons. The van der Waals surface area contributed by atoms with Crippen LogP contribution in [0.1, 0.15) is 11.5 Å². The zero-order valence-corrected chi connectivity index (χ0v) is 32.2. The summed E-state index contributed by atoms with van der Waals surface area (Å²) < 4.78 is 5.10. The normalized spacial score (nSPS) is 15.9. The van der Waals surface area contributed by atoms with Crippen LogP contribution in [0, 0.1) is 0 Å². The number of nitrogens with zero attached hydrogens (tertiary/aromatic N) is 4. The smallest absolute Gasteiger partial charge is 0.164 e. The van der Waals surface area contributed by atoms with Gasteiger partial charge in [0.2, 0.25) is 0 Å². The summed E-state index contributed by atoms with van der Waals surface area (Å²) in [6.45, 7) is 0. The molecule has 4 heterocycles. The number of hydrogen-bond acceptors (Lipinski definition) is 6. The van der Waals surface area contributed by atoms with Gasteiger partial charge in [-0.25, -0.2) is 15.0 Å². The molecule has 0 saturated heterocycles. The van der Waals surface area contributed by atoms with Gasteiger partial charge in [0.1, 0.15) is 0 Å². The van der Waals surface area contributed by atoms with E-state index in [1.807, 2.05) is 40.9 Å². The first-order chi connectivity index (χ1) is 28.2. The molecule has 1 aliphatic carbocycles. The fourth-order valence-corrected chi connectivity index (χ4v) is 11.2. The van der Waals surface area contributed by atoms with E-state index in [0.29, 0.717) is 17.5 Å². The maximum atomic E-state index is 5.26. The van der Waals surface area contributed by atoms with Gasteiger partial charge in [-0.15, -0.1) is 22.7 Å². The van der Waals surface area contributed by atoms with Crippen LogP contribution in [0.25, 0.3) is 85.6 Å². The molecule has 2 unspecified atom stereocenters. The molecular formula is C51H32N4S2. The van der Waals surface area contributed by atoms with E-state index in [1.165, 1.54) is 68.4 Å². The van der Waals surface area contributed by atoms with Crippen molar-refractivity contribution in [2.75, 3.05) is 4.90 Å². The minimum absolute atomic E-state index is 0.161. The Kier molecular flexibility index (Phi) is 7.37. The Hall–Kier alpha value is -6.73. The number of hydrogen-bond donors (Lipinski definition) is 0. The van der Waals surface area contributed by atoms with Gasteiger partial charge >= 0.3 is 0 Å². The van der Waals surface area contributed by atoms with Crippen LogP contribution in [0.3, 0.4) is 0 Å². The van der Waals surface area contributed by atoms with Crippen LogP contribution in [0.2, 0.25) is 0 Å². The quantitative estimate of drug-likeness (QED) is 0.175. The maximum Gasteiger partial charge on any atom is 0.164 e. The molecule has 4 nitrogen and oxygen atoms in total. The summed E-state index contributed by atoms with van der Waals surface area (Å²) in [4.78, 5) is 18.1. The third kappa shape index (κ3) is 5.22. The van der Waals surface area contributed by atoms with Crippen molar-refractivity contribution < 1.29 is 0 Å². The fraction of sp³-hybridized carbons (Fsp3) is 0.0392. The van der Waals surface area contributed by atoms with Gasteiger partial charge in [-0.2, -0.15) is 0 Å². The molecule has 2 atom stereocenters. The molecule has 2 aliphatic rings. The highest BCUT2D eigenvalue weighted by molar-refractivity contribution is 7.26. The Morgan fingerprint density at radius 2 is 1.11 bits per heavy atom. The van der Waals surface area contributed by atoms with Crippen molar-refractivity contribution in [2.45, 2.75) is 12.0 Å². The molecule has 57 heavy (non-hydrogen) atoms. The number of aromatic nitrogens is 3. The first-order valence-corrected chi connectivity index (χ1v) is 20.9. The lowest BCUT2D eigenvalue weighted by Gasteiger charge is -2.29. The molecule has 10 aromatic rings. The molecule has 0 saturated carbocycles. The molecule has 0 bridgehead atoms. The predicted molar refractivity (Wildman–Crippen MR) is 241 cm³/mol. The number of fused-ring (bicyclic) bond motifs is 9. The van der Waals surface area contributed by atoms with Crippen LogP contribution in [-0.2, 0) is 0 Å². The minimum Gasteiger partial charge on any atom is -0.333 e. The molecule has 0 amide bonds. The average Bonchev–Trinajstić information content (AvgIpc) is 3.96. The van der Waals surface area contributed by atoms with Crippen LogP contribution in [-0.4, -0.2) is 21.0 Å². The van der Waals surface area contributed by atoms with Crippen LogP contribution in [0.15, 0.2) is 182 Å². The van der Waals surface area contributed by atoms with Crippen LogP contribution in [0.5, 0.6) is 0 Å². The van der Waals surface area contributed by atoms with Crippen LogP contribution in [0.4, 0.5) is 11.4 Å². The number of allylic oxidation sites excluding steroid dienone is 2. The van der Waals surface area contributed by atoms with Gasteiger partial charge in [-0.3, -0.25) is 0 Å². The van der Waals surface area contributed by atoms with E-state index in [0.717, 1.165) is 16.7 Å². The lowest BCUT2D eigenvalue weighted by atomic mass is 9.91. The van der Waals surface area contributed by atoms with Crippen LogP contribution < -0.4 is 4.90 Å². The summed E-state index contributed by atoms with van der Waals surface area (Å²) in [5.41, 5.74) is 9.09. The van der Waals surface area contributed by atoms with Gasteiger partial charge in [0.25, 0.3) is 0 Å². The summed E-state index contributed by atoms with van der Waals surface area (Å²) >= 11 is 3.69. The Balaban J connectivity index is 1.03. The van der Waals surface area contributed by atoms with E-state index in [9.17, 15) is 0 Å². The Morgan fingerprint density at radius 3 is 1.95 bits per heavy atom. The van der Waals surface area contributed by atoms with E-state index in [1.54, 1.807) is 0 Å². The third-order valence-corrected chi connectivity index (χ3v) is 13.8. The molecule has 1 aliphatic heterocycles. The number of rotatable bonds is 5. The zero-order valence-electron chi connectivity index (χ0n) is 30.6. The molecule has 0 fully saturated rings. The first-order valence-electron chi connectivity index (χ1n) is 19.3. The number of anilines is 2. The Bertz CT molecular complexity index is 3270. The minimum atomic E-state index is 0.161. The van der Waals surface area contributed by atoms with Crippen molar-refractivity contribution in [3.05, 3.63) is 188 Å². The summed E-state index contributed by atoms with van der Waals surface area (Å²) in [5, 5.41) is 5.11. The highest BCUT2D eigenvalue weighted by atomic mass is 32.1. The zero-order chi connectivity index (χ0) is 37.5. The first kappa shape index (κ1) is 32.5. The predicted octanol–water partition coefficient (Wildman–Crippen LogP) is 14.0. The molecular weight excluding hydrogens is 733 g/mol. The topological polar surface area (TPSA) is 41.9 Å². The van der Waals surface area contributed by atoms with Gasteiger partial charge in [-0.1, -0.05) is 152 Å². The van der Waals surface area contributed by atoms with E-state index in [2.05, 4.69) is 169 Å². The van der Waals surface area contributed by atoms with E-state index < -0.39 is 0 Å². The Labute approximate surface area is 337 Å². The van der Waals surface area contributed by atoms with Crippen molar-refractivity contribution in [1.29, 1.82) is 0 Å². The van der Waals surface area contributed by atoms with Gasteiger partial charge in [-0.05, 0) is 47.0 Å². The second kappa shape index (κ2) is 12.9. The Morgan fingerprint density at radius 1 is 0.439 bits per heavy atom. The van der Waals surface area contributed by atoms with Gasteiger partial charge in [0.15, 0.2) is 17.5 Å². The fourth-order valence-electron chi connectivity index (χ4n) is 8.84. The molecule has 3 aromatic heterocycles. The van der Waals surface area contributed by atoms with Gasteiger partial charge in [0.05, 0.1) is 11.7 Å². The molecule has 0 spiro atoms. The largest absolute Gasteiger partial charge is 0.333 e. The number of benzene rings is 7.